The summed E-state index contributed by atoms with van der Waals surface area (Å²) < 4.78 is 0. The van der Waals surface area contributed by atoms with Gasteiger partial charge in [0.05, 0.1) is 0 Å². The van der Waals surface area contributed by atoms with Crippen molar-refractivity contribution in [2.75, 3.05) is 0 Å². The molecule has 0 radical (unpaired) electrons. The summed E-state index contributed by atoms with van der Waals surface area (Å²) in [6.07, 6.45) is 2.16. The van der Waals surface area contributed by atoms with Crippen LogP contribution in [0.3, 0.4) is 0 Å². The minimum atomic E-state index is 0.413. The van der Waals surface area contributed by atoms with E-state index in [0.29, 0.717) is 5.69 Å². The SMILES string of the molecule is N#Cc1cc(Cc2ccccc2)ncn1. The maximum absolute atomic E-state index is 8.69. The molecule has 0 atom stereocenters. The van der Waals surface area contributed by atoms with Gasteiger partial charge in [0.1, 0.15) is 18.1 Å². The lowest BCUT2D eigenvalue weighted by Crippen LogP contribution is -1.94. The van der Waals surface area contributed by atoms with Gasteiger partial charge in [-0.05, 0) is 11.6 Å². The minimum Gasteiger partial charge on any atom is -0.241 e. The van der Waals surface area contributed by atoms with E-state index in [1.54, 1.807) is 6.07 Å². The summed E-state index contributed by atoms with van der Waals surface area (Å²) in [6, 6.07) is 13.7. The number of hydrogen-bond acceptors (Lipinski definition) is 3. The Morgan fingerprint density at radius 3 is 2.67 bits per heavy atom. The third kappa shape index (κ3) is 2.38. The van der Waals surface area contributed by atoms with Crippen molar-refractivity contribution in [1.29, 1.82) is 5.26 Å². The second kappa shape index (κ2) is 4.34. The smallest absolute Gasteiger partial charge is 0.144 e. The number of aromatic nitrogens is 2. The predicted octanol–water partition coefficient (Wildman–Crippen LogP) is 1.94. The summed E-state index contributed by atoms with van der Waals surface area (Å²) in [7, 11) is 0. The van der Waals surface area contributed by atoms with Crippen LogP contribution < -0.4 is 0 Å². The van der Waals surface area contributed by atoms with Crippen LogP contribution in [0.2, 0.25) is 0 Å². The first-order valence-electron chi connectivity index (χ1n) is 4.63. The highest BCUT2D eigenvalue weighted by Gasteiger charge is 1.99. The monoisotopic (exact) mass is 195 g/mol. The van der Waals surface area contributed by atoms with Crippen LogP contribution >= 0.6 is 0 Å². The van der Waals surface area contributed by atoms with Gasteiger partial charge in [0, 0.05) is 12.1 Å². The Balaban J connectivity index is 2.22. The van der Waals surface area contributed by atoms with Gasteiger partial charge in [0.15, 0.2) is 0 Å². The van der Waals surface area contributed by atoms with E-state index in [4.69, 9.17) is 5.26 Å². The zero-order valence-electron chi connectivity index (χ0n) is 8.09. The highest BCUT2D eigenvalue weighted by molar-refractivity contribution is 5.26. The average Bonchev–Trinajstić information content (AvgIpc) is 2.31. The van der Waals surface area contributed by atoms with E-state index < -0.39 is 0 Å². The van der Waals surface area contributed by atoms with E-state index in [-0.39, 0.29) is 0 Å². The highest BCUT2D eigenvalue weighted by atomic mass is 14.8. The molecule has 0 fully saturated rings. The van der Waals surface area contributed by atoms with Crippen molar-refractivity contribution in [2.24, 2.45) is 0 Å². The summed E-state index contributed by atoms with van der Waals surface area (Å²) in [4.78, 5) is 7.95. The molecule has 0 bridgehead atoms. The van der Waals surface area contributed by atoms with Gasteiger partial charge < -0.3 is 0 Å². The molecule has 3 heteroatoms. The fourth-order valence-electron chi connectivity index (χ4n) is 1.36. The number of benzene rings is 1. The zero-order valence-corrected chi connectivity index (χ0v) is 8.09. The molecule has 0 saturated heterocycles. The van der Waals surface area contributed by atoms with E-state index in [9.17, 15) is 0 Å². The summed E-state index contributed by atoms with van der Waals surface area (Å²) in [5, 5.41) is 8.69. The molecule has 72 valence electrons. The number of nitrogens with zero attached hydrogens (tertiary/aromatic N) is 3. The standard InChI is InChI=1S/C12H9N3/c13-8-12-7-11(14-9-15-12)6-10-4-2-1-3-5-10/h1-5,7,9H,6H2. The van der Waals surface area contributed by atoms with Crippen LogP contribution in [0.25, 0.3) is 0 Å². The Labute approximate surface area is 88.1 Å². The number of hydrogen-bond donors (Lipinski definition) is 0. The Morgan fingerprint density at radius 2 is 1.93 bits per heavy atom. The highest BCUT2D eigenvalue weighted by Crippen LogP contribution is 2.06. The lowest BCUT2D eigenvalue weighted by molar-refractivity contribution is 1.02. The molecule has 0 aliphatic rings. The first kappa shape index (κ1) is 9.35. The van der Waals surface area contributed by atoms with Gasteiger partial charge in [-0.1, -0.05) is 30.3 Å². The molecule has 3 nitrogen and oxygen atoms in total. The largest absolute Gasteiger partial charge is 0.241 e. The maximum atomic E-state index is 8.69. The molecule has 2 rings (SSSR count). The first-order valence-corrected chi connectivity index (χ1v) is 4.63. The topological polar surface area (TPSA) is 49.6 Å². The summed E-state index contributed by atoms with van der Waals surface area (Å²) >= 11 is 0. The maximum Gasteiger partial charge on any atom is 0.144 e. The van der Waals surface area contributed by atoms with Gasteiger partial charge in [0.2, 0.25) is 0 Å². The van der Waals surface area contributed by atoms with Crippen molar-refractivity contribution >= 4 is 0 Å². The molecule has 1 aromatic heterocycles. The number of nitriles is 1. The van der Waals surface area contributed by atoms with Crippen molar-refractivity contribution in [1.82, 2.24) is 9.97 Å². The van der Waals surface area contributed by atoms with Crippen LogP contribution in [-0.2, 0) is 6.42 Å². The van der Waals surface area contributed by atoms with Crippen molar-refractivity contribution < 1.29 is 0 Å². The summed E-state index contributed by atoms with van der Waals surface area (Å²) in [5.41, 5.74) is 2.46. The zero-order chi connectivity index (χ0) is 10.5. The molecule has 0 amide bonds. The Hall–Kier alpha value is -2.21. The van der Waals surface area contributed by atoms with Crippen LogP contribution in [0.15, 0.2) is 42.7 Å². The fourth-order valence-corrected chi connectivity index (χ4v) is 1.36. The van der Waals surface area contributed by atoms with Crippen LogP contribution in [0, 0.1) is 11.3 Å². The average molecular weight is 195 g/mol. The molecular formula is C12H9N3. The molecule has 15 heavy (non-hydrogen) atoms. The summed E-state index contributed by atoms with van der Waals surface area (Å²) in [5.74, 6) is 0. The normalized spacial score (nSPS) is 9.53. The van der Waals surface area contributed by atoms with E-state index in [2.05, 4.69) is 9.97 Å². The van der Waals surface area contributed by atoms with E-state index in [0.717, 1.165) is 12.1 Å². The van der Waals surface area contributed by atoms with Crippen molar-refractivity contribution in [3.63, 3.8) is 0 Å². The fraction of sp³-hybridized carbons (Fsp3) is 0.0833. The van der Waals surface area contributed by atoms with Crippen molar-refractivity contribution in [3.8, 4) is 6.07 Å². The summed E-state index contributed by atoms with van der Waals surface area (Å²) in [6.45, 7) is 0. The van der Waals surface area contributed by atoms with Gasteiger partial charge in [-0.2, -0.15) is 5.26 Å². The number of rotatable bonds is 2. The first-order chi connectivity index (χ1) is 7.38. The Kier molecular flexibility index (Phi) is 2.70. The van der Waals surface area contributed by atoms with Gasteiger partial charge in [-0.25, -0.2) is 9.97 Å². The van der Waals surface area contributed by atoms with Gasteiger partial charge in [-0.3, -0.25) is 0 Å². The van der Waals surface area contributed by atoms with Crippen molar-refractivity contribution in [2.45, 2.75) is 6.42 Å². The molecule has 1 heterocycles. The second-order valence-corrected chi connectivity index (χ2v) is 3.17. The van der Waals surface area contributed by atoms with Crippen LogP contribution in [0.5, 0.6) is 0 Å². The third-order valence-corrected chi connectivity index (χ3v) is 2.07. The van der Waals surface area contributed by atoms with Gasteiger partial charge >= 0.3 is 0 Å². The van der Waals surface area contributed by atoms with Gasteiger partial charge in [-0.15, -0.1) is 0 Å². The third-order valence-electron chi connectivity index (χ3n) is 2.07. The molecular weight excluding hydrogens is 186 g/mol. The van der Waals surface area contributed by atoms with Crippen LogP contribution in [-0.4, -0.2) is 9.97 Å². The molecule has 0 unspecified atom stereocenters. The molecule has 0 aliphatic carbocycles. The molecule has 0 aliphatic heterocycles. The Morgan fingerprint density at radius 1 is 1.13 bits per heavy atom. The molecule has 0 N–H and O–H groups in total. The van der Waals surface area contributed by atoms with Crippen molar-refractivity contribution in [3.05, 3.63) is 59.7 Å². The minimum absolute atomic E-state index is 0.413. The second-order valence-electron chi connectivity index (χ2n) is 3.17. The van der Waals surface area contributed by atoms with Crippen LogP contribution in [0.4, 0.5) is 0 Å². The quantitative estimate of drug-likeness (QED) is 0.735. The predicted molar refractivity (Wildman–Crippen MR) is 56.0 cm³/mol. The molecule has 1 aromatic carbocycles. The van der Waals surface area contributed by atoms with Crippen LogP contribution in [0.1, 0.15) is 17.0 Å². The van der Waals surface area contributed by atoms with Gasteiger partial charge in [0.25, 0.3) is 0 Å². The van der Waals surface area contributed by atoms with E-state index in [1.807, 2.05) is 36.4 Å². The molecule has 2 aromatic rings. The molecule has 0 saturated carbocycles. The van der Waals surface area contributed by atoms with E-state index >= 15 is 0 Å². The lowest BCUT2D eigenvalue weighted by atomic mass is 10.1. The Bertz CT molecular complexity index is 486. The van der Waals surface area contributed by atoms with E-state index in [1.165, 1.54) is 11.9 Å². The molecule has 0 spiro atoms. The lowest BCUT2D eigenvalue weighted by Gasteiger charge is -2.00.